The summed E-state index contributed by atoms with van der Waals surface area (Å²) in [6.07, 6.45) is 3.07. The molecule has 0 fully saturated rings. The van der Waals surface area contributed by atoms with Crippen LogP contribution in [0.25, 0.3) is 0 Å². The Morgan fingerprint density at radius 2 is 1.89 bits per heavy atom. The molecule has 0 bridgehead atoms. The average molecular weight is 411 g/mol. The van der Waals surface area contributed by atoms with Gasteiger partial charge in [0.1, 0.15) is 5.69 Å². The van der Waals surface area contributed by atoms with E-state index in [1.165, 1.54) is 0 Å². The summed E-state index contributed by atoms with van der Waals surface area (Å²) in [5.74, 6) is -1.08. The predicted octanol–water partition coefficient (Wildman–Crippen LogP) is 3.56. The van der Waals surface area contributed by atoms with E-state index in [0.717, 1.165) is 12.8 Å². The molecule has 0 spiro atoms. The van der Waals surface area contributed by atoms with E-state index in [9.17, 15) is 31.7 Å². The molecule has 1 aliphatic carbocycles. The lowest BCUT2D eigenvalue weighted by molar-refractivity contribution is -0.384. The molecule has 1 aliphatic rings. The molecule has 0 atom stereocenters. The minimum atomic E-state index is -6.09. The van der Waals surface area contributed by atoms with E-state index in [1.54, 1.807) is 0 Å². The van der Waals surface area contributed by atoms with Gasteiger partial charge in [-0.1, -0.05) is 20.3 Å². The Bertz CT molecular complexity index is 825. The molecule has 0 aliphatic heterocycles. The molecule has 12 heteroatoms. The zero-order valence-corrected chi connectivity index (χ0v) is 15.6. The first-order valence-electron chi connectivity index (χ1n) is 8.38. The Morgan fingerprint density at radius 3 is 2.44 bits per heavy atom. The zero-order valence-electron chi connectivity index (χ0n) is 14.8. The van der Waals surface area contributed by atoms with Crippen LogP contribution in [0.1, 0.15) is 44.4 Å². The number of hydrogen-bond acceptors (Lipinski definition) is 7. The van der Waals surface area contributed by atoms with Gasteiger partial charge in [-0.05, 0) is 31.6 Å². The van der Waals surface area contributed by atoms with Gasteiger partial charge in [-0.15, -0.1) is 0 Å². The average Bonchev–Trinajstić information content (AvgIpc) is 2.75. The second kappa shape index (κ2) is 7.87. The second-order valence-electron chi connectivity index (χ2n) is 6.64. The molecule has 1 heterocycles. The highest BCUT2D eigenvalue weighted by molar-refractivity contribution is 7.88. The van der Waals surface area contributed by atoms with E-state index in [1.807, 2.05) is 13.8 Å². The van der Waals surface area contributed by atoms with E-state index in [2.05, 4.69) is 14.5 Å². The molecule has 27 heavy (non-hydrogen) atoms. The maximum absolute atomic E-state index is 12.7. The second-order valence-corrected chi connectivity index (χ2v) is 8.18. The number of nitrogens with one attached hydrogen (secondary N) is 1. The molecule has 0 saturated carbocycles. The third-order valence-corrected chi connectivity index (χ3v) is 4.95. The first-order valence-corrected chi connectivity index (χ1v) is 9.79. The first-order chi connectivity index (χ1) is 12.4. The topological polar surface area (TPSA) is 111 Å². The standard InChI is InChI=1S/C15H20F3N3O5S/c1-9(2)8-19-12-10-6-4-3-5-7-11(10)20-14(13(12)21(22)23)26-27(24,25)15(16,17)18/h9H,3-8H2,1-2H3,(H,19,20). The number of rotatable bonds is 6. The smallest absolute Gasteiger partial charge is 0.379 e. The molecule has 2 rings (SSSR count). The van der Waals surface area contributed by atoms with Crippen LogP contribution in [0.2, 0.25) is 0 Å². The number of halogens is 3. The van der Waals surface area contributed by atoms with Crippen LogP contribution >= 0.6 is 0 Å². The van der Waals surface area contributed by atoms with Crippen LogP contribution < -0.4 is 9.50 Å². The van der Waals surface area contributed by atoms with Gasteiger partial charge >= 0.3 is 27.2 Å². The van der Waals surface area contributed by atoms with E-state index in [-0.39, 0.29) is 11.6 Å². The number of pyridine rings is 1. The van der Waals surface area contributed by atoms with Gasteiger partial charge in [-0.3, -0.25) is 10.1 Å². The molecule has 8 nitrogen and oxygen atoms in total. The number of nitro groups is 1. The van der Waals surface area contributed by atoms with Gasteiger partial charge in [0.05, 0.1) is 10.6 Å². The van der Waals surface area contributed by atoms with Gasteiger partial charge in [0, 0.05) is 12.1 Å². The Kier molecular flexibility index (Phi) is 6.17. The van der Waals surface area contributed by atoms with Gasteiger partial charge < -0.3 is 9.50 Å². The largest absolute Gasteiger partial charge is 0.534 e. The van der Waals surface area contributed by atoms with Gasteiger partial charge in [0.2, 0.25) is 0 Å². The molecule has 0 amide bonds. The Morgan fingerprint density at radius 1 is 1.26 bits per heavy atom. The van der Waals surface area contributed by atoms with Crippen LogP contribution in [0.4, 0.5) is 24.5 Å². The third-order valence-electron chi connectivity index (χ3n) is 4.01. The predicted molar refractivity (Wildman–Crippen MR) is 91.1 cm³/mol. The summed E-state index contributed by atoms with van der Waals surface area (Å²) >= 11 is 0. The van der Waals surface area contributed by atoms with E-state index in [0.29, 0.717) is 37.1 Å². The minimum Gasteiger partial charge on any atom is -0.379 e. The van der Waals surface area contributed by atoms with Crippen LogP contribution in [-0.4, -0.2) is 30.4 Å². The molecular weight excluding hydrogens is 391 g/mol. The number of aryl methyl sites for hydroxylation is 1. The van der Waals surface area contributed by atoms with E-state index < -0.39 is 32.1 Å². The molecule has 0 saturated heterocycles. The molecule has 0 unspecified atom stereocenters. The monoisotopic (exact) mass is 411 g/mol. The highest BCUT2D eigenvalue weighted by Crippen LogP contribution is 2.41. The van der Waals surface area contributed by atoms with Gasteiger partial charge in [-0.2, -0.15) is 21.6 Å². The molecule has 152 valence electrons. The molecule has 1 aromatic rings. The highest BCUT2D eigenvalue weighted by Gasteiger charge is 2.50. The third kappa shape index (κ3) is 4.79. The lowest BCUT2D eigenvalue weighted by Gasteiger charge is -2.18. The molecule has 1 N–H and O–H groups in total. The van der Waals surface area contributed by atoms with Crippen molar-refractivity contribution in [2.45, 2.75) is 51.5 Å². The molecule has 1 aromatic heterocycles. The number of nitrogens with zero attached hydrogens (tertiary/aromatic N) is 2. The normalized spacial score (nSPS) is 15.2. The van der Waals surface area contributed by atoms with Crippen LogP contribution in [0.3, 0.4) is 0 Å². The summed E-state index contributed by atoms with van der Waals surface area (Å²) in [5, 5.41) is 14.4. The SMILES string of the molecule is CC(C)CNc1c2c(nc(OS(=O)(=O)C(F)(F)F)c1[N+](=O)[O-])CCCCC2. The van der Waals surface area contributed by atoms with E-state index in [4.69, 9.17) is 0 Å². The highest BCUT2D eigenvalue weighted by atomic mass is 32.2. The summed E-state index contributed by atoms with van der Waals surface area (Å²) in [6, 6.07) is 0. The van der Waals surface area contributed by atoms with Crippen molar-refractivity contribution in [2.24, 2.45) is 5.92 Å². The van der Waals surface area contributed by atoms with Crippen molar-refractivity contribution in [3.63, 3.8) is 0 Å². The fourth-order valence-corrected chi connectivity index (χ4v) is 3.18. The first kappa shape index (κ1) is 21.2. The van der Waals surface area contributed by atoms with Gasteiger partial charge in [-0.25, -0.2) is 4.98 Å². The maximum Gasteiger partial charge on any atom is 0.534 e. The Labute approximate surface area is 154 Å². The van der Waals surface area contributed by atoms with Gasteiger partial charge in [0.25, 0.3) is 0 Å². The van der Waals surface area contributed by atoms with Crippen molar-refractivity contribution >= 4 is 21.5 Å². The number of fused-ring (bicyclic) bond motifs is 1. The summed E-state index contributed by atoms with van der Waals surface area (Å²) in [6.45, 7) is 4.01. The fraction of sp³-hybridized carbons (Fsp3) is 0.667. The summed E-state index contributed by atoms with van der Waals surface area (Å²) < 4.78 is 64.9. The summed E-state index contributed by atoms with van der Waals surface area (Å²) in [5.41, 5.74) is -5.80. The van der Waals surface area contributed by atoms with Crippen molar-refractivity contribution < 1.29 is 30.7 Å². The number of hydrogen-bond donors (Lipinski definition) is 1. The number of anilines is 1. The van der Waals surface area contributed by atoms with Crippen molar-refractivity contribution in [1.29, 1.82) is 0 Å². The van der Waals surface area contributed by atoms with Crippen LogP contribution in [0.15, 0.2) is 0 Å². The lowest BCUT2D eigenvalue weighted by Crippen LogP contribution is -2.29. The quantitative estimate of drug-likeness (QED) is 0.250. The van der Waals surface area contributed by atoms with Crippen LogP contribution in [0, 0.1) is 16.0 Å². The lowest BCUT2D eigenvalue weighted by atomic mass is 10.0. The summed E-state index contributed by atoms with van der Waals surface area (Å²) in [4.78, 5) is 14.4. The number of alkyl halides is 3. The Hall–Kier alpha value is -2.11. The van der Waals surface area contributed by atoms with Crippen molar-refractivity contribution in [1.82, 2.24) is 4.98 Å². The van der Waals surface area contributed by atoms with Gasteiger partial charge in [0.15, 0.2) is 0 Å². The molecule has 0 aromatic carbocycles. The molecule has 0 radical (unpaired) electrons. The van der Waals surface area contributed by atoms with E-state index >= 15 is 0 Å². The summed E-state index contributed by atoms with van der Waals surface area (Å²) in [7, 11) is -6.09. The minimum absolute atomic E-state index is 0.0204. The van der Waals surface area contributed by atoms with Crippen LogP contribution in [0.5, 0.6) is 5.88 Å². The van der Waals surface area contributed by atoms with Crippen molar-refractivity contribution in [3.05, 3.63) is 21.4 Å². The number of aromatic nitrogens is 1. The van der Waals surface area contributed by atoms with Crippen LogP contribution in [-0.2, 0) is 23.0 Å². The van der Waals surface area contributed by atoms with Crippen molar-refractivity contribution in [2.75, 3.05) is 11.9 Å². The Balaban J connectivity index is 2.67. The van der Waals surface area contributed by atoms with Crippen molar-refractivity contribution in [3.8, 4) is 5.88 Å². The molecular formula is C15H20F3N3O5S. The zero-order chi connectivity index (χ0) is 20.4. The maximum atomic E-state index is 12.7. The fourth-order valence-electron chi connectivity index (χ4n) is 2.76.